The van der Waals surface area contributed by atoms with Gasteiger partial charge in [-0.05, 0) is 73.1 Å². The first-order valence-corrected chi connectivity index (χ1v) is 12.5. The first-order chi connectivity index (χ1) is 17.0. The number of aryl methyl sites for hydroxylation is 2. The van der Waals surface area contributed by atoms with Crippen LogP contribution in [0.4, 0.5) is 5.69 Å². The maximum absolute atomic E-state index is 13.4. The molecule has 0 radical (unpaired) electrons. The highest BCUT2D eigenvalue weighted by atomic mass is 79.9. The minimum absolute atomic E-state index is 0.307. The van der Waals surface area contributed by atoms with Crippen LogP contribution in [0.1, 0.15) is 45.1 Å². The number of pyridine rings is 1. The SMILES string of the molecule is Cc1cc(Br)ccc1NC(=O)COC(=O)c1c2c(nc3ccccc13)CCC(c1ccccc1)C2. The van der Waals surface area contributed by atoms with Gasteiger partial charge in [0.25, 0.3) is 5.91 Å². The number of carbonyl (C=O) groups is 2. The Morgan fingerprint density at radius 2 is 1.83 bits per heavy atom. The highest BCUT2D eigenvalue weighted by molar-refractivity contribution is 9.10. The van der Waals surface area contributed by atoms with Crippen LogP contribution in [0, 0.1) is 6.92 Å². The van der Waals surface area contributed by atoms with E-state index < -0.39 is 5.97 Å². The molecule has 1 atom stereocenters. The smallest absolute Gasteiger partial charge is 0.339 e. The molecule has 1 aliphatic rings. The summed E-state index contributed by atoms with van der Waals surface area (Å²) in [5.74, 6) is -0.559. The maximum Gasteiger partial charge on any atom is 0.339 e. The zero-order valence-corrected chi connectivity index (χ0v) is 21.0. The number of para-hydroxylation sites is 1. The second-order valence-electron chi connectivity index (χ2n) is 8.86. The molecule has 0 aliphatic heterocycles. The van der Waals surface area contributed by atoms with Gasteiger partial charge in [0.1, 0.15) is 0 Å². The average molecular weight is 529 g/mol. The Morgan fingerprint density at radius 3 is 2.63 bits per heavy atom. The van der Waals surface area contributed by atoms with Gasteiger partial charge in [-0.3, -0.25) is 9.78 Å². The molecule has 0 spiro atoms. The molecule has 1 aromatic heterocycles. The van der Waals surface area contributed by atoms with Crippen molar-refractivity contribution in [1.29, 1.82) is 0 Å². The molecule has 5 rings (SSSR count). The number of hydrogen-bond acceptors (Lipinski definition) is 4. The number of rotatable bonds is 5. The van der Waals surface area contributed by atoms with E-state index in [-0.39, 0.29) is 12.5 Å². The molecule has 1 heterocycles. The summed E-state index contributed by atoms with van der Waals surface area (Å²) in [6, 6.07) is 23.6. The lowest BCUT2D eigenvalue weighted by atomic mass is 9.80. The lowest BCUT2D eigenvalue weighted by Crippen LogP contribution is -2.24. The molecule has 4 aromatic rings. The number of carbonyl (C=O) groups excluding carboxylic acids is 2. The highest BCUT2D eigenvalue weighted by Crippen LogP contribution is 2.36. The van der Waals surface area contributed by atoms with E-state index in [9.17, 15) is 9.59 Å². The largest absolute Gasteiger partial charge is 0.452 e. The van der Waals surface area contributed by atoms with Gasteiger partial charge >= 0.3 is 5.97 Å². The van der Waals surface area contributed by atoms with Crippen LogP contribution in [0.15, 0.2) is 77.3 Å². The van der Waals surface area contributed by atoms with Gasteiger partial charge in [0.2, 0.25) is 0 Å². The van der Waals surface area contributed by atoms with Crippen LogP contribution in [0.5, 0.6) is 0 Å². The number of hydrogen-bond donors (Lipinski definition) is 1. The van der Waals surface area contributed by atoms with E-state index in [0.717, 1.165) is 45.0 Å². The van der Waals surface area contributed by atoms with E-state index in [1.165, 1.54) is 5.56 Å². The molecular formula is C29H25BrN2O3. The Morgan fingerprint density at radius 1 is 1.06 bits per heavy atom. The number of nitrogens with one attached hydrogen (secondary N) is 1. The number of fused-ring (bicyclic) bond motifs is 2. The molecule has 6 heteroatoms. The van der Waals surface area contributed by atoms with Crippen molar-refractivity contribution < 1.29 is 14.3 Å². The van der Waals surface area contributed by atoms with Crippen LogP contribution >= 0.6 is 15.9 Å². The molecular weight excluding hydrogens is 504 g/mol. The predicted octanol–water partition coefficient (Wildman–Crippen LogP) is 6.37. The van der Waals surface area contributed by atoms with Crippen LogP contribution in [0.3, 0.4) is 0 Å². The molecule has 0 saturated heterocycles. The van der Waals surface area contributed by atoms with Crippen molar-refractivity contribution in [2.75, 3.05) is 11.9 Å². The van der Waals surface area contributed by atoms with Crippen LogP contribution in [0.2, 0.25) is 0 Å². The Kier molecular flexibility index (Phi) is 6.64. The van der Waals surface area contributed by atoms with E-state index in [0.29, 0.717) is 23.6 Å². The molecule has 5 nitrogen and oxygen atoms in total. The Hall–Kier alpha value is -3.51. The van der Waals surface area contributed by atoms with E-state index in [1.807, 2.05) is 67.6 Å². The molecule has 1 unspecified atom stereocenters. The second kappa shape index (κ2) is 10.0. The van der Waals surface area contributed by atoms with Crippen molar-refractivity contribution in [3.05, 3.63) is 105 Å². The van der Waals surface area contributed by atoms with E-state index in [4.69, 9.17) is 9.72 Å². The zero-order chi connectivity index (χ0) is 24.4. The van der Waals surface area contributed by atoms with Crippen molar-refractivity contribution in [1.82, 2.24) is 4.98 Å². The number of aromatic nitrogens is 1. The lowest BCUT2D eigenvalue weighted by Gasteiger charge is -2.27. The second-order valence-corrected chi connectivity index (χ2v) is 9.78. The van der Waals surface area contributed by atoms with Crippen molar-refractivity contribution >= 4 is 44.4 Å². The van der Waals surface area contributed by atoms with Gasteiger partial charge in [-0.15, -0.1) is 0 Å². The number of anilines is 1. The third kappa shape index (κ3) is 4.98. The number of amides is 1. The fourth-order valence-corrected chi connectivity index (χ4v) is 5.26. The summed E-state index contributed by atoms with van der Waals surface area (Å²) in [5, 5.41) is 3.58. The van der Waals surface area contributed by atoms with Crippen molar-refractivity contribution in [3.8, 4) is 0 Å². The molecule has 1 amide bonds. The maximum atomic E-state index is 13.4. The Labute approximate surface area is 212 Å². The molecule has 35 heavy (non-hydrogen) atoms. The van der Waals surface area contributed by atoms with Crippen LogP contribution in [0.25, 0.3) is 10.9 Å². The summed E-state index contributed by atoms with van der Waals surface area (Å²) in [4.78, 5) is 30.8. The molecule has 0 saturated carbocycles. The summed E-state index contributed by atoms with van der Waals surface area (Å²) in [6.07, 6.45) is 2.49. The minimum Gasteiger partial charge on any atom is -0.452 e. The van der Waals surface area contributed by atoms with Gasteiger partial charge in [0.15, 0.2) is 6.61 Å². The summed E-state index contributed by atoms with van der Waals surface area (Å²) >= 11 is 3.42. The molecule has 3 aromatic carbocycles. The number of halogens is 1. The predicted molar refractivity (Wildman–Crippen MR) is 141 cm³/mol. The zero-order valence-electron chi connectivity index (χ0n) is 19.4. The van der Waals surface area contributed by atoms with Crippen molar-refractivity contribution in [2.45, 2.75) is 32.1 Å². The van der Waals surface area contributed by atoms with Crippen molar-refractivity contribution in [3.63, 3.8) is 0 Å². The van der Waals surface area contributed by atoms with Gasteiger partial charge in [-0.2, -0.15) is 0 Å². The third-order valence-corrected chi connectivity index (χ3v) is 7.02. The van der Waals surface area contributed by atoms with Crippen LogP contribution in [-0.4, -0.2) is 23.5 Å². The topological polar surface area (TPSA) is 68.3 Å². The quantitative estimate of drug-likeness (QED) is 0.305. The first-order valence-electron chi connectivity index (χ1n) is 11.7. The van der Waals surface area contributed by atoms with Gasteiger partial charge in [-0.1, -0.05) is 64.5 Å². The van der Waals surface area contributed by atoms with Crippen LogP contribution in [-0.2, 0) is 22.4 Å². The Balaban J connectivity index is 1.41. The summed E-state index contributed by atoms with van der Waals surface area (Å²) < 4.78 is 6.49. The lowest BCUT2D eigenvalue weighted by molar-refractivity contribution is -0.119. The fourth-order valence-electron chi connectivity index (χ4n) is 4.79. The van der Waals surface area contributed by atoms with Crippen molar-refractivity contribution in [2.24, 2.45) is 0 Å². The number of nitrogens with zero attached hydrogens (tertiary/aromatic N) is 1. The number of benzene rings is 3. The standard InChI is InChI=1S/C29H25BrN2O3/c1-18-15-21(30)12-14-24(18)32-27(33)17-35-29(34)28-22-9-5-6-10-25(22)31-26-13-11-20(16-23(26)28)19-7-3-2-4-8-19/h2-10,12,14-15,20H,11,13,16-17H2,1H3,(H,32,33). The molecule has 0 bridgehead atoms. The van der Waals surface area contributed by atoms with Crippen LogP contribution < -0.4 is 5.32 Å². The number of ether oxygens (including phenoxy) is 1. The monoisotopic (exact) mass is 528 g/mol. The van der Waals surface area contributed by atoms with Gasteiger partial charge < -0.3 is 10.1 Å². The van der Waals surface area contributed by atoms with E-state index in [1.54, 1.807) is 0 Å². The normalized spacial score (nSPS) is 14.9. The average Bonchev–Trinajstić information content (AvgIpc) is 2.87. The summed E-state index contributed by atoms with van der Waals surface area (Å²) in [7, 11) is 0. The molecule has 0 fully saturated rings. The number of esters is 1. The molecule has 1 aliphatic carbocycles. The molecule has 176 valence electrons. The fraction of sp³-hybridized carbons (Fsp3) is 0.207. The highest BCUT2D eigenvalue weighted by Gasteiger charge is 2.28. The van der Waals surface area contributed by atoms with Gasteiger partial charge in [0, 0.05) is 21.2 Å². The Bertz CT molecular complexity index is 1420. The minimum atomic E-state index is -0.490. The van der Waals surface area contributed by atoms with Gasteiger partial charge in [0.05, 0.1) is 11.1 Å². The van der Waals surface area contributed by atoms with Gasteiger partial charge in [-0.25, -0.2) is 4.79 Å². The first kappa shape index (κ1) is 23.2. The third-order valence-electron chi connectivity index (χ3n) is 6.53. The van der Waals surface area contributed by atoms with E-state index >= 15 is 0 Å². The summed E-state index contributed by atoms with van der Waals surface area (Å²) in [6.45, 7) is 1.55. The summed E-state index contributed by atoms with van der Waals surface area (Å²) in [5.41, 5.74) is 6.03. The van der Waals surface area contributed by atoms with E-state index in [2.05, 4.69) is 33.4 Å². The molecule has 1 N–H and O–H groups in total.